The predicted molar refractivity (Wildman–Crippen MR) is 62.5 cm³/mol. The van der Waals surface area contributed by atoms with Crippen LogP contribution in [0.4, 0.5) is 0 Å². The van der Waals surface area contributed by atoms with Crippen molar-refractivity contribution in [1.29, 1.82) is 0 Å². The van der Waals surface area contributed by atoms with Crippen LogP contribution in [-0.4, -0.2) is 19.0 Å². The Kier molecular flexibility index (Phi) is 6.41. The molecule has 1 fully saturated rings. The van der Waals surface area contributed by atoms with Crippen molar-refractivity contribution in [3.8, 4) is 0 Å². The van der Waals surface area contributed by atoms with E-state index in [2.05, 4.69) is 5.32 Å². The van der Waals surface area contributed by atoms with Crippen LogP contribution < -0.4 is 11.1 Å². The first kappa shape index (κ1) is 12.5. The lowest BCUT2D eigenvalue weighted by atomic mass is 9.89. The van der Waals surface area contributed by atoms with Crippen molar-refractivity contribution in [2.24, 2.45) is 11.7 Å². The minimum absolute atomic E-state index is 0.280. The van der Waals surface area contributed by atoms with Crippen molar-refractivity contribution in [3.05, 3.63) is 0 Å². The third-order valence-electron chi connectivity index (χ3n) is 3.16. The van der Waals surface area contributed by atoms with Gasteiger partial charge in [-0.2, -0.15) is 0 Å². The summed E-state index contributed by atoms with van der Waals surface area (Å²) in [4.78, 5) is 11.7. The van der Waals surface area contributed by atoms with Crippen LogP contribution in [0.25, 0.3) is 0 Å². The third kappa shape index (κ3) is 5.17. The van der Waals surface area contributed by atoms with Gasteiger partial charge in [0.05, 0.1) is 0 Å². The fourth-order valence-electron chi connectivity index (χ4n) is 2.17. The summed E-state index contributed by atoms with van der Waals surface area (Å²) < 4.78 is 0. The molecule has 0 atom stereocenters. The quantitative estimate of drug-likeness (QED) is 0.660. The van der Waals surface area contributed by atoms with Crippen molar-refractivity contribution >= 4 is 5.91 Å². The maximum Gasteiger partial charge on any atom is 0.223 e. The zero-order valence-electron chi connectivity index (χ0n) is 9.63. The monoisotopic (exact) mass is 212 g/mol. The van der Waals surface area contributed by atoms with Gasteiger partial charge in [0.1, 0.15) is 0 Å². The van der Waals surface area contributed by atoms with Crippen LogP contribution in [0, 0.1) is 5.92 Å². The smallest absolute Gasteiger partial charge is 0.223 e. The molecule has 0 aromatic heterocycles. The molecule has 0 bridgehead atoms. The number of rotatable bonds is 6. The van der Waals surface area contributed by atoms with E-state index >= 15 is 0 Å². The molecule has 0 radical (unpaired) electrons. The van der Waals surface area contributed by atoms with Gasteiger partial charge in [0.15, 0.2) is 0 Å². The topological polar surface area (TPSA) is 55.1 Å². The van der Waals surface area contributed by atoms with Gasteiger partial charge < -0.3 is 11.1 Å². The number of amides is 1. The zero-order valence-corrected chi connectivity index (χ0v) is 9.63. The van der Waals surface area contributed by atoms with Gasteiger partial charge >= 0.3 is 0 Å². The maximum absolute atomic E-state index is 11.7. The molecule has 3 N–H and O–H groups in total. The van der Waals surface area contributed by atoms with Gasteiger partial charge in [-0.3, -0.25) is 4.79 Å². The first-order valence-corrected chi connectivity index (χ1v) is 6.32. The Labute approximate surface area is 92.8 Å². The standard InChI is InChI=1S/C12H24N2O/c13-9-5-2-6-10-14-12(15)11-7-3-1-4-8-11/h11H,1-10,13H2,(H,14,15). The summed E-state index contributed by atoms with van der Waals surface area (Å²) in [6.45, 7) is 1.59. The van der Waals surface area contributed by atoms with Crippen LogP contribution in [-0.2, 0) is 4.79 Å². The molecule has 0 heterocycles. The molecule has 1 rings (SSSR count). The van der Waals surface area contributed by atoms with Crippen molar-refractivity contribution in [2.75, 3.05) is 13.1 Å². The number of unbranched alkanes of at least 4 members (excludes halogenated alkanes) is 2. The fraction of sp³-hybridized carbons (Fsp3) is 0.917. The predicted octanol–water partition coefficient (Wildman–Crippen LogP) is 1.81. The molecule has 0 unspecified atom stereocenters. The Balaban J connectivity index is 2.02. The van der Waals surface area contributed by atoms with Crippen LogP contribution in [0.15, 0.2) is 0 Å². The minimum Gasteiger partial charge on any atom is -0.356 e. The van der Waals surface area contributed by atoms with E-state index in [1.54, 1.807) is 0 Å². The molecule has 0 spiro atoms. The normalized spacial score (nSPS) is 17.7. The fourth-order valence-corrected chi connectivity index (χ4v) is 2.17. The summed E-state index contributed by atoms with van der Waals surface area (Å²) in [5.41, 5.74) is 5.40. The summed E-state index contributed by atoms with van der Waals surface area (Å²) >= 11 is 0. The maximum atomic E-state index is 11.7. The summed E-state index contributed by atoms with van der Waals surface area (Å²) in [5, 5.41) is 3.03. The molecule has 0 aromatic carbocycles. The molecule has 88 valence electrons. The van der Waals surface area contributed by atoms with Crippen LogP contribution in [0.2, 0.25) is 0 Å². The van der Waals surface area contributed by atoms with E-state index in [0.717, 1.165) is 45.2 Å². The lowest BCUT2D eigenvalue weighted by Gasteiger charge is -2.20. The number of nitrogens with one attached hydrogen (secondary N) is 1. The molecule has 3 nitrogen and oxygen atoms in total. The van der Waals surface area contributed by atoms with E-state index in [0.29, 0.717) is 5.92 Å². The summed E-state index contributed by atoms with van der Waals surface area (Å²) in [5.74, 6) is 0.579. The van der Waals surface area contributed by atoms with Crippen molar-refractivity contribution in [2.45, 2.75) is 51.4 Å². The molecule has 1 aliphatic rings. The number of carbonyl (C=O) groups excluding carboxylic acids is 1. The highest BCUT2D eigenvalue weighted by Gasteiger charge is 2.20. The van der Waals surface area contributed by atoms with Gasteiger partial charge in [-0.05, 0) is 32.2 Å². The molecule has 1 saturated carbocycles. The molecule has 15 heavy (non-hydrogen) atoms. The Morgan fingerprint density at radius 2 is 1.87 bits per heavy atom. The summed E-state index contributed by atoms with van der Waals surface area (Å²) in [6, 6.07) is 0. The lowest BCUT2D eigenvalue weighted by Crippen LogP contribution is -2.32. The highest BCUT2D eigenvalue weighted by Crippen LogP contribution is 2.23. The zero-order chi connectivity index (χ0) is 10.9. The number of carbonyl (C=O) groups is 1. The van der Waals surface area contributed by atoms with Crippen LogP contribution in [0.3, 0.4) is 0 Å². The second-order valence-electron chi connectivity index (χ2n) is 4.48. The Hall–Kier alpha value is -0.570. The Bertz CT molecular complexity index is 176. The molecule has 1 aliphatic carbocycles. The number of hydrogen-bond acceptors (Lipinski definition) is 2. The number of nitrogens with two attached hydrogens (primary N) is 1. The van der Waals surface area contributed by atoms with Gasteiger partial charge in [-0.1, -0.05) is 25.7 Å². The van der Waals surface area contributed by atoms with E-state index < -0.39 is 0 Å². The SMILES string of the molecule is NCCCCCNC(=O)C1CCCCC1. The minimum atomic E-state index is 0.280. The van der Waals surface area contributed by atoms with Gasteiger partial charge in [-0.15, -0.1) is 0 Å². The van der Waals surface area contributed by atoms with Gasteiger partial charge in [-0.25, -0.2) is 0 Å². The summed E-state index contributed by atoms with van der Waals surface area (Å²) in [7, 11) is 0. The summed E-state index contributed by atoms with van der Waals surface area (Å²) in [6.07, 6.45) is 9.20. The molecule has 3 heteroatoms. The van der Waals surface area contributed by atoms with Crippen molar-refractivity contribution in [3.63, 3.8) is 0 Å². The van der Waals surface area contributed by atoms with Gasteiger partial charge in [0, 0.05) is 12.5 Å². The van der Waals surface area contributed by atoms with E-state index in [1.165, 1.54) is 19.3 Å². The van der Waals surface area contributed by atoms with E-state index in [1.807, 2.05) is 0 Å². The Morgan fingerprint density at radius 3 is 2.53 bits per heavy atom. The molecular formula is C12H24N2O. The van der Waals surface area contributed by atoms with Crippen LogP contribution >= 0.6 is 0 Å². The third-order valence-corrected chi connectivity index (χ3v) is 3.16. The molecular weight excluding hydrogens is 188 g/mol. The average Bonchev–Trinajstić information content (AvgIpc) is 2.30. The molecule has 1 amide bonds. The second kappa shape index (κ2) is 7.69. The average molecular weight is 212 g/mol. The molecule has 0 aromatic rings. The second-order valence-corrected chi connectivity index (χ2v) is 4.48. The molecule has 0 aliphatic heterocycles. The van der Waals surface area contributed by atoms with E-state index in [9.17, 15) is 4.79 Å². The molecule has 0 saturated heterocycles. The largest absolute Gasteiger partial charge is 0.356 e. The first-order chi connectivity index (χ1) is 7.34. The van der Waals surface area contributed by atoms with Crippen LogP contribution in [0.5, 0.6) is 0 Å². The highest BCUT2D eigenvalue weighted by atomic mass is 16.1. The lowest BCUT2D eigenvalue weighted by molar-refractivity contribution is -0.125. The first-order valence-electron chi connectivity index (χ1n) is 6.32. The van der Waals surface area contributed by atoms with Gasteiger partial charge in [0.2, 0.25) is 5.91 Å². The van der Waals surface area contributed by atoms with Crippen molar-refractivity contribution in [1.82, 2.24) is 5.32 Å². The van der Waals surface area contributed by atoms with Crippen LogP contribution in [0.1, 0.15) is 51.4 Å². The number of hydrogen-bond donors (Lipinski definition) is 2. The van der Waals surface area contributed by atoms with Gasteiger partial charge in [0.25, 0.3) is 0 Å². The highest BCUT2D eigenvalue weighted by molar-refractivity contribution is 5.78. The Morgan fingerprint density at radius 1 is 1.13 bits per heavy atom. The van der Waals surface area contributed by atoms with E-state index in [4.69, 9.17) is 5.73 Å². The van der Waals surface area contributed by atoms with Crippen molar-refractivity contribution < 1.29 is 4.79 Å². The van der Waals surface area contributed by atoms with E-state index in [-0.39, 0.29) is 5.91 Å².